The van der Waals surface area contributed by atoms with Crippen molar-refractivity contribution in [1.29, 1.82) is 0 Å². The second kappa shape index (κ2) is 5.51. The first-order chi connectivity index (χ1) is 8.18. The SMILES string of the molecule is NC1CCCCC1CNc1nc[nH]c(=O)c1Cl. The molecule has 0 aromatic carbocycles. The number of nitrogens with one attached hydrogen (secondary N) is 2. The van der Waals surface area contributed by atoms with Gasteiger partial charge in [0.05, 0.1) is 6.33 Å². The van der Waals surface area contributed by atoms with E-state index in [9.17, 15) is 4.79 Å². The second-order valence-electron chi connectivity index (χ2n) is 4.48. The highest BCUT2D eigenvalue weighted by Crippen LogP contribution is 2.23. The van der Waals surface area contributed by atoms with Crippen molar-refractivity contribution >= 4 is 17.4 Å². The quantitative estimate of drug-likeness (QED) is 0.762. The largest absolute Gasteiger partial charge is 0.368 e. The smallest absolute Gasteiger partial charge is 0.271 e. The summed E-state index contributed by atoms with van der Waals surface area (Å²) in [6, 6.07) is 0.233. The van der Waals surface area contributed by atoms with Crippen LogP contribution in [0.2, 0.25) is 5.02 Å². The van der Waals surface area contributed by atoms with Gasteiger partial charge in [-0.15, -0.1) is 0 Å². The van der Waals surface area contributed by atoms with Gasteiger partial charge < -0.3 is 16.0 Å². The van der Waals surface area contributed by atoms with Crippen LogP contribution in [-0.4, -0.2) is 22.6 Å². The van der Waals surface area contributed by atoms with Crippen molar-refractivity contribution in [2.45, 2.75) is 31.7 Å². The number of aromatic amines is 1. The van der Waals surface area contributed by atoms with E-state index in [0.29, 0.717) is 11.7 Å². The lowest BCUT2D eigenvalue weighted by Crippen LogP contribution is -2.37. The van der Waals surface area contributed by atoms with Crippen LogP contribution in [0.4, 0.5) is 5.82 Å². The summed E-state index contributed by atoms with van der Waals surface area (Å²) < 4.78 is 0. The zero-order chi connectivity index (χ0) is 12.3. The molecule has 1 aromatic rings. The van der Waals surface area contributed by atoms with E-state index in [0.717, 1.165) is 19.4 Å². The van der Waals surface area contributed by atoms with Crippen LogP contribution < -0.4 is 16.6 Å². The van der Waals surface area contributed by atoms with E-state index in [2.05, 4.69) is 15.3 Å². The van der Waals surface area contributed by atoms with Crippen molar-refractivity contribution in [1.82, 2.24) is 9.97 Å². The lowest BCUT2D eigenvalue weighted by molar-refractivity contribution is 0.321. The molecule has 1 heterocycles. The van der Waals surface area contributed by atoms with E-state index in [1.54, 1.807) is 0 Å². The molecule has 0 saturated heterocycles. The fourth-order valence-corrected chi connectivity index (χ4v) is 2.39. The Morgan fingerprint density at radius 2 is 2.29 bits per heavy atom. The van der Waals surface area contributed by atoms with Gasteiger partial charge in [-0.2, -0.15) is 0 Å². The predicted molar refractivity (Wildman–Crippen MR) is 68.3 cm³/mol. The van der Waals surface area contributed by atoms with Crippen molar-refractivity contribution in [2.24, 2.45) is 11.7 Å². The Bertz CT molecular complexity index is 434. The fourth-order valence-electron chi connectivity index (χ4n) is 2.22. The molecule has 0 spiro atoms. The molecule has 1 aromatic heterocycles. The molecule has 0 aliphatic heterocycles. The number of halogens is 1. The molecule has 1 aliphatic rings. The minimum Gasteiger partial charge on any atom is -0.368 e. The van der Waals surface area contributed by atoms with Crippen molar-refractivity contribution < 1.29 is 0 Å². The summed E-state index contributed by atoms with van der Waals surface area (Å²) in [6.07, 6.45) is 5.97. The topological polar surface area (TPSA) is 83.8 Å². The van der Waals surface area contributed by atoms with Crippen LogP contribution in [0.3, 0.4) is 0 Å². The molecule has 1 fully saturated rings. The summed E-state index contributed by atoms with van der Waals surface area (Å²) in [4.78, 5) is 17.7. The van der Waals surface area contributed by atoms with Gasteiger partial charge in [-0.25, -0.2) is 4.98 Å². The Balaban J connectivity index is 1.97. The maximum Gasteiger partial charge on any atom is 0.271 e. The standard InChI is InChI=1S/C11H17ClN4O/c12-9-10(15-6-16-11(9)17)14-5-7-3-1-2-4-8(7)13/h6-8H,1-5,13H2,(H2,14,15,16,17). The maximum absolute atomic E-state index is 11.3. The highest BCUT2D eigenvalue weighted by molar-refractivity contribution is 6.32. The number of hydrogen-bond donors (Lipinski definition) is 3. The van der Waals surface area contributed by atoms with Crippen molar-refractivity contribution in [3.8, 4) is 0 Å². The highest BCUT2D eigenvalue weighted by atomic mass is 35.5. The van der Waals surface area contributed by atoms with Crippen LogP contribution in [0.15, 0.2) is 11.1 Å². The van der Waals surface area contributed by atoms with Gasteiger partial charge in [-0.1, -0.05) is 24.4 Å². The summed E-state index contributed by atoms with van der Waals surface area (Å²) in [5.74, 6) is 0.870. The first kappa shape index (κ1) is 12.4. The van der Waals surface area contributed by atoms with Crippen LogP contribution in [-0.2, 0) is 0 Å². The van der Waals surface area contributed by atoms with E-state index in [1.807, 2.05) is 0 Å². The van der Waals surface area contributed by atoms with Gasteiger partial charge in [-0.05, 0) is 18.8 Å². The number of anilines is 1. The van der Waals surface area contributed by atoms with E-state index in [1.165, 1.54) is 19.2 Å². The summed E-state index contributed by atoms with van der Waals surface area (Å²) in [7, 11) is 0. The van der Waals surface area contributed by atoms with Crippen molar-refractivity contribution in [2.75, 3.05) is 11.9 Å². The van der Waals surface area contributed by atoms with Gasteiger partial charge >= 0.3 is 0 Å². The Hall–Kier alpha value is -1.07. The number of nitrogens with zero attached hydrogens (tertiary/aromatic N) is 1. The molecule has 2 rings (SSSR count). The molecule has 2 atom stereocenters. The predicted octanol–water partition coefficient (Wildman–Crippen LogP) is 1.35. The lowest BCUT2D eigenvalue weighted by atomic mass is 9.85. The molecule has 6 heteroatoms. The van der Waals surface area contributed by atoms with Gasteiger partial charge in [-0.3, -0.25) is 4.79 Å². The third-order valence-electron chi connectivity index (χ3n) is 3.30. The zero-order valence-electron chi connectivity index (χ0n) is 9.58. The van der Waals surface area contributed by atoms with E-state index < -0.39 is 0 Å². The lowest BCUT2D eigenvalue weighted by Gasteiger charge is -2.28. The van der Waals surface area contributed by atoms with Crippen LogP contribution >= 0.6 is 11.6 Å². The first-order valence-corrected chi connectivity index (χ1v) is 6.29. The molecule has 0 bridgehead atoms. The number of nitrogens with two attached hydrogens (primary N) is 1. The molecule has 5 nitrogen and oxygen atoms in total. The molecule has 4 N–H and O–H groups in total. The van der Waals surface area contributed by atoms with Gasteiger partial charge in [0, 0.05) is 12.6 Å². The molecular weight excluding hydrogens is 240 g/mol. The van der Waals surface area contributed by atoms with Crippen LogP contribution in [0, 0.1) is 5.92 Å². The van der Waals surface area contributed by atoms with E-state index in [-0.39, 0.29) is 16.6 Å². The molecule has 1 aliphatic carbocycles. The fraction of sp³-hybridized carbons (Fsp3) is 0.636. The molecule has 2 unspecified atom stereocenters. The van der Waals surface area contributed by atoms with Crippen molar-refractivity contribution in [3.05, 3.63) is 21.7 Å². The Kier molecular flexibility index (Phi) is 4.02. The summed E-state index contributed by atoms with van der Waals surface area (Å²) >= 11 is 5.85. The Morgan fingerprint density at radius 3 is 3.06 bits per heavy atom. The Morgan fingerprint density at radius 1 is 1.53 bits per heavy atom. The second-order valence-corrected chi connectivity index (χ2v) is 4.86. The van der Waals surface area contributed by atoms with Crippen LogP contribution in [0.25, 0.3) is 0 Å². The molecule has 1 saturated carbocycles. The molecular formula is C11H17ClN4O. The average molecular weight is 257 g/mol. The summed E-state index contributed by atoms with van der Waals surface area (Å²) in [5, 5.41) is 3.22. The zero-order valence-corrected chi connectivity index (χ0v) is 10.3. The van der Waals surface area contributed by atoms with Crippen molar-refractivity contribution in [3.63, 3.8) is 0 Å². The third kappa shape index (κ3) is 2.98. The van der Waals surface area contributed by atoms with Gasteiger partial charge in [0.25, 0.3) is 5.56 Å². The summed E-state index contributed by atoms with van der Waals surface area (Å²) in [6.45, 7) is 0.720. The van der Waals surface area contributed by atoms with Gasteiger partial charge in [0.15, 0.2) is 5.82 Å². The first-order valence-electron chi connectivity index (χ1n) is 5.91. The molecule has 94 valence electrons. The number of aromatic nitrogens is 2. The molecule has 0 amide bonds. The van der Waals surface area contributed by atoms with E-state index >= 15 is 0 Å². The van der Waals surface area contributed by atoms with Gasteiger partial charge in [0.2, 0.25) is 0 Å². The molecule has 17 heavy (non-hydrogen) atoms. The number of H-pyrrole nitrogens is 1. The van der Waals surface area contributed by atoms with Gasteiger partial charge in [0.1, 0.15) is 5.02 Å². The normalized spacial score (nSPS) is 24.6. The summed E-state index contributed by atoms with van der Waals surface area (Å²) in [5.41, 5.74) is 5.73. The Labute approximate surface area is 105 Å². The third-order valence-corrected chi connectivity index (χ3v) is 3.65. The number of hydrogen-bond acceptors (Lipinski definition) is 4. The maximum atomic E-state index is 11.3. The average Bonchev–Trinajstić information content (AvgIpc) is 2.33. The minimum atomic E-state index is -0.322. The van der Waals surface area contributed by atoms with E-state index in [4.69, 9.17) is 17.3 Å². The number of rotatable bonds is 3. The molecule has 0 radical (unpaired) electrons. The van der Waals surface area contributed by atoms with Crippen LogP contribution in [0.1, 0.15) is 25.7 Å². The monoisotopic (exact) mass is 256 g/mol. The highest BCUT2D eigenvalue weighted by Gasteiger charge is 2.21. The van der Waals surface area contributed by atoms with Crippen LogP contribution in [0.5, 0.6) is 0 Å². The minimum absolute atomic E-state index is 0.108.